The summed E-state index contributed by atoms with van der Waals surface area (Å²) in [5.74, 6) is -1.16. The summed E-state index contributed by atoms with van der Waals surface area (Å²) in [7, 11) is 0. The van der Waals surface area contributed by atoms with Gasteiger partial charge in [-0.1, -0.05) is 29.8 Å². The zero-order valence-electron chi connectivity index (χ0n) is 16.8. The minimum absolute atomic E-state index is 0.0855. The predicted molar refractivity (Wildman–Crippen MR) is 112 cm³/mol. The van der Waals surface area contributed by atoms with Crippen molar-refractivity contribution in [2.45, 2.75) is 6.92 Å². The molecule has 0 atom stereocenters. The van der Waals surface area contributed by atoms with Crippen LogP contribution in [0.5, 0.6) is 0 Å². The van der Waals surface area contributed by atoms with Gasteiger partial charge >= 0.3 is 0 Å². The Labute approximate surface area is 174 Å². The predicted octanol–water partition coefficient (Wildman–Crippen LogP) is 2.03. The Morgan fingerprint density at radius 3 is 2.13 bits per heavy atom. The minimum Gasteiger partial charge on any atom is -0.395 e. The maximum absolute atomic E-state index is 13.5. The van der Waals surface area contributed by atoms with E-state index in [1.807, 2.05) is 24.0 Å². The number of benzene rings is 2. The second-order valence-electron chi connectivity index (χ2n) is 7.56. The molecule has 4 rings (SSSR count). The highest BCUT2D eigenvalue weighted by Crippen LogP contribution is 2.35. The third-order valence-electron chi connectivity index (χ3n) is 5.59. The van der Waals surface area contributed by atoms with Gasteiger partial charge in [-0.25, -0.2) is 9.29 Å². The first-order chi connectivity index (χ1) is 14.5. The summed E-state index contributed by atoms with van der Waals surface area (Å²) in [6.45, 7) is 5.13. The van der Waals surface area contributed by atoms with Gasteiger partial charge in [0.15, 0.2) is 0 Å². The standard InChI is InChI=1S/C23H24FN3O3/c1-16-2-8-19(9-3-16)27-22(29)20(17-4-6-18(24)7-5-17)21(23(27)30)26-12-10-25(11-13-26)14-15-28/h2-9,28H,10-15H2,1H3. The van der Waals surface area contributed by atoms with Gasteiger partial charge in [-0.2, -0.15) is 0 Å². The number of aliphatic hydroxyl groups excluding tert-OH is 1. The maximum Gasteiger partial charge on any atom is 0.282 e. The lowest BCUT2D eigenvalue weighted by Gasteiger charge is -2.36. The number of carbonyl (C=O) groups excluding carboxylic acids is 2. The van der Waals surface area contributed by atoms with E-state index in [1.54, 1.807) is 12.1 Å². The molecule has 2 heterocycles. The SMILES string of the molecule is Cc1ccc(N2C(=O)C(c3ccc(F)cc3)=C(N3CCN(CCO)CC3)C2=O)cc1. The highest BCUT2D eigenvalue weighted by molar-refractivity contribution is 6.45. The van der Waals surface area contributed by atoms with Crippen LogP contribution in [0.3, 0.4) is 0 Å². The molecule has 1 saturated heterocycles. The van der Waals surface area contributed by atoms with Crippen molar-refractivity contribution in [2.75, 3.05) is 44.2 Å². The van der Waals surface area contributed by atoms with Gasteiger partial charge < -0.3 is 10.0 Å². The summed E-state index contributed by atoms with van der Waals surface area (Å²) in [4.78, 5) is 32.1. The molecule has 0 spiro atoms. The van der Waals surface area contributed by atoms with E-state index in [-0.39, 0.29) is 12.5 Å². The molecule has 2 aliphatic heterocycles. The summed E-state index contributed by atoms with van der Waals surface area (Å²) in [5, 5.41) is 9.17. The Balaban J connectivity index is 1.73. The number of hydrogen-bond acceptors (Lipinski definition) is 5. The fraction of sp³-hybridized carbons (Fsp3) is 0.304. The maximum atomic E-state index is 13.5. The molecule has 0 aliphatic carbocycles. The molecule has 0 saturated carbocycles. The number of amides is 2. The van der Waals surface area contributed by atoms with Crippen molar-refractivity contribution < 1.29 is 19.1 Å². The average Bonchev–Trinajstić information content (AvgIpc) is 3.00. The van der Waals surface area contributed by atoms with Gasteiger partial charge in [0.05, 0.1) is 17.9 Å². The van der Waals surface area contributed by atoms with Gasteiger partial charge in [0.25, 0.3) is 11.8 Å². The number of aryl methyl sites for hydroxylation is 1. The third kappa shape index (κ3) is 3.74. The fourth-order valence-corrected chi connectivity index (χ4v) is 3.95. The summed E-state index contributed by atoms with van der Waals surface area (Å²) in [5.41, 5.74) is 2.73. The van der Waals surface area contributed by atoms with Crippen molar-refractivity contribution >= 4 is 23.1 Å². The Morgan fingerprint density at radius 2 is 1.53 bits per heavy atom. The molecule has 2 aromatic rings. The van der Waals surface area contributed by atoms with Crippen LogP contribution in [0.2, 0.25) is 0 Å². The highest BCUT2D eigenvalue weighted by Gasteiger charge is 2.43. The molecule has 7 heteroatoms. The molecule has 2 aromatic carbocycles. The van der Waals surface area contributed by atoms with Crippen molar-refractivity contribution in [3.8, 4) is 0 Å². The summed E-state index contributed by atoms with van der Waals surface area (Å²) in [6.07, 6.45) is 0. The van der Waals surface area contributed by atoms with Gasteiger partial charge in [0.1, 0.15) is 11.5 Å². The number of rotatable bonds is 5. The van der Waals surface area contributed by atoms with Crippen molar-refractivity contribution in [3.63, 3.8) is 0 Å². The van der Waals surface area contributed by atoms with E-state index in [2.05, 4.69) is 4.90 Å². The molecule has 2 aliphatic rings. The van der Waals surface area contributed by atoms with Crippen LogP contribution in [-0.2, 0) is 9.59 Å². The molecule has 1 fully saturated rings. The molecular weight excluding hydrogens is 385 g/mol. The first-order valence-corrected chi connectivity index (χ1v) is 10.0. The van der Waals surface area contributed by atoms with E-state index in [9.17, 15) is 14.0 Å². The molecular formula is C23H24FN3O3. The number of hydrogen-bond donors (Lipinski definition) is 1. The van der Waals surface area contributed by atoms with E-state index in [0.29, 0.717) is 55.2 Å². The lowest BCUT2D eigenvalue weighted by atomic mass is 10.0. The highest BCUT2D eigenvalue weighted by atomic mass is 19.1. The number of nitrogens with zero attached hydrogens (tertiary/aromatic N) is 3. The molecule has 1 N–H and O–H groups in total. The Morgan fingerprint density at radius 1 is 0.900 bits per heavy atom. The van der Waals surface area contributed by atoms with E-state index >= 15 is 0 Å². The number of aliphatic hydroxyl groups is 1. The van der Waals surface area contributed by atoms with Crippen molar-refractivity contribution in [1.82, 2.24) is 9.80 Å². The van der Waals surface area contributed by atoms with Gasteiger partial charge in [-0.15, -0.1) is 0 Å². The van der Waals surface area contributed by atoms with E-state index in [0.717, 1.165) is 5.56 Å². The van der Waals surface area contributed by atoms with Crippen LogP contribution in [-0.4, -0.2) is 66.1 Å². The number of β-amino-alcohol motifs (C(OH)–C–C–N with tert-alkyl or cyclic N) is 1. The van der Waals surface area contributed by atoms with Crippen LogP contribution in [0, 0.1) is 12.7 Å². The van der Waals surface area contributed by atoms with E-state index in [1.165, 1.54) is 29.2 Å². The largest absolute Gasteiger partial charge is 0.395 e. The summed E-state index contributed by atoms with van der Waals surface area (Å²) >= 11 is 0. The lowest BCUT2D eigenvalue weighted by molar-refractivity contribution is -0.120. The Hall–Kier alpha value is -3.03. The van der Waals surface area contributed by atoms with Crippen LogP contribution < -0.4 is 4.90 Å². The fourth-order valence-electron chi connectivity index (χ4n) is 3.95. The monoisotopic (exact) mass is 409 g/mol. The number of anilines is 1. The molecule has 2 amide bonds. The normalized spacial score (nSPS) is 18.0. The van der Waals surface area contributed by atoms with Crippen LogP contribution >= 0.6 is 0 Å². The number of halogens is 1. The Kier molecular flexibility index (Phi) is 5.65. The van der Waals surface area contributed by atoms with Crippen molar-refractivity contribution in [2.24, 2.45) is 0 Å². The number of carbonyl (C=O) groups is 2. The number of imide groups is 1. The molecule has 6 nitrogen and oxygen atoms in total. The molecule has 0 radical (unpaired) electrons. The molecule has 156 valence electrons. The molecule has 0 unspecified atom stereocenters. The van der Waals surface area contributed by atoms with Crippen molar-refractivity contribution in [3.05, 3.63) is 71.2 Å². The molecule has 0 aromatic heterocycles. The van der Waals surface area contributed by atoms with Crippen LogP contribution in [0.4, 0.5) is 10.1 Å². The average molecular weight is 409 g/mol. The Bertz CT molecular complexity index is 978. The first-order valence-electron chi connectivity index (χ1n) is 10.0. The molecule has 30 heavy (non-hydrogen) atoms. The molecule has 0 bridgehead atoms. The van der Waals surface area contributed by atoms with E-state index < -0.39 is 11.7 Å². The van der Waals surface area contributed by atoms with Crippen molar-refractivity contribution in [1.29, 1.82) is 0 Å². The topological polar surface area (TPSA) is 64.1 Å². The van der Waals surface area contributed by atoms with Crippen LogP contribution in [0.25, 0.3) is 5.57 Å². The lowest BCUT2D eigenvalue weighted by Crippen LogP contribution is -2.48. The first kappa shape index (κ1) is 20.3. The zero-order valence-corrected chi connectivity index (χ0v) is 16.8. The van der Waals surface area contributed by atoms with E-state index in [4.69, 9.17) is 5.11 Å². The number of piperazine rings is 1. The van der Waals surface area contributed by atoms with Crippen LogP contribution in [0.1, 0.15) is 11.1 Å². The van der Waals surface area contributed by atoms with Gasteiger partial charge in [0, 0.05) is 32.7 Å². The summed E-state index contributed by atoms with van der Waals surface area (Å²) < 4.78 is 13.5. The minimum atomic E-state index is -0.400. The van der Waals surface area contributed by atoms with Gasteiger partial charge in [0.2, 0.25) is 0 Å². The van der Waals surface area contributed by atoms with Gasteiger partial charge in [-0.3, -0.25) is 14.5 Å². The van der Waals surface area contributed by atoms with Gasteiger partial charge in [-0.05, 0) is 36.8 Å². The summed E-state index contributed by atoms with van der Waals surface area (Å²) in [6, 6.07) is 12.9. The second kappa shape index (κ2) is 8.38. The second-order valence-corrected chi connectivity index (χ2v) is 7.56. The zero-order chi connectivity index (χ0) is 21.3. The quantitative estimate of drug-likeness (QED) is 0.766. The third-order valence-corrected chi connectivity index (χ3v) is 5.59. The smallest absolute Gasteiger partial charge is 0.282 e. The van der Waals surface area contributed by atoms with Crippen LogP contribution in [0.15, 0.2) is 54.2 Å².